The van der Waals surface area contributed by atoms with E-state index in [0.29, 0.717) is 19.6 Å². The van der Waals surface area contributed by atoms with Gasteiger partial charge < -0.3 is 14.4 Å². The molecule has 8 heteroatoms. The highest BCUT2D eigenvalue weighted by Crippen LogP contribution is 2.22. The summed E-state index contributed by atoms with van der Waals surface area (Å²) in [6, 6.07) is 2.51. The number of carboxylic acids is 1. The van der Waals surface area contributed by atoms with Crippen LogP contribution in [0.2, 0.25) is 0 Å². The molecule has 1 saturated heterocycles. The fourth-order valence-corrected chi connectivity index (χ4v) is 3.66. The molecule has 0 aromatic carbocycles. The minimum absolute atomic E-state index is 0.160. The Morgan fingerprint density at radius 1 is 1.45 bits per heavy atom. The van der Waals surface area contributed by atoms with Crippen molar-refractivity contribution in [3.8, 4) is 0 Å². The Balaban J connectivity index is 2.23. The van der Waals surface area contributed by atoms with E-state index in [9.17, 15) is 13.2 Å². The fraction of sp³-hybridized carbons (Fsp3) is 0.583. The van der Waals surface area contributed by atoms with Crippen molar-refractivity contribution in [2.45, 2.75) is 24.5 Å². The predicted molar refractivity (Wildman–Crippen MR) is 71.1 cm³/mol. The first-order valence-corrected chi connectivity index (χ1v) is 7.83. The van der Waals surface area contributed by atoms with Crippen LogP contribution in [0, 0.1) is 0 Å². The summed E-state index contributed by atoms with van der Waals surface area (Å²) in [7, 11) is -1.80. The Hall–Kier alpha value is -1.38. The summed E-state index contributed by atoms with van der Waals surface area (Å²) >= 11 is 0. The van der Waals surface area contributed by atoms with Gasteiger partial charge in [-0.25, -0.2) is 13.2 Å². The zero-order chi connectivity index (χ0) is 14.9. The van der Waals surface area contributed by atoms with Crippen LogP contribution in [-0.2, 0) is 10.0 Å². The first-order valence-electron chi connectivity index (χ1n) is 6.39. The predicted octanol–water partition coefficient (Wildman–Crippen LogP) is 0.693. The molecule has 7 nitrogen and oxygen atoms in total. The molecule has 1 aliphatic rings. The molecule has 20 heavy (non-hydrogen) atoms. The summed E-state index contributed by atoms with van der Waals surface area (Å²) < 4.78 is 31.1. The summed E-state index contributed by atoms with van der Waals surface area (Å²) in [4.78, 5) is 12.9. The molecular weight excluding hydrogens is 284 g/mol. The molecule has 1 fully saturated rings. The van der Waals surface area contributed by atoms with Crippen LogP contribution in [0.3, 0.4) is 0 Å². The number of furan rings is 1. The number of carboxylic acid groups (broad SMARTS) is 1. The van der Waals surface area contributed by atoms with E-state index < -0.39 is 16.0 Å². The molecule has 1 aromatic rings. The minimum atomic E-state index is -3.76. The van der Waals surface area contributed by atoms with Gasteiger partial charge in [-0.2, -0.15) is 4.31 Å². The zero-order valence-electron chi connectivity index (χ0n) is 11.4. The van der Waals surface area contributed by atoms with Crippen LogP contribution in [0.5, 0.6) is 0 Å². The third-order valence-electron chi connectivity index (χ3n) is 3.60. The minimum Gasteiger partial charge on any atom is -0.475 e. The van der Waals surface area contributed by atoms with E-state index in [4.69, 9.17) is 9.52 Å². The van der Waals surface area contributed by atoms with Crippen LogP contribution in [0.4, 0.5) is 0 Å². The number of likely N-dealkylation sites (N-methyl/N-ethyl adjacent to an activating group) is 1. The van der Waals surface area contributed by atoms with Crippen molar-refractivity contribution >= 4 is 16.0 Å². The Bertz CT molecular complexity index is 595. The van der Waals surface area contributed by atoms with Crippen LogP contribution in [-0.4, -0.2) is 61.4 Å². The van der Waals surface area contributed by atoms with Gasteiger partial charge in [0.15, 0.2) is 0 Å². The van der Waals surface area contributed by atoms with Gasteiger partial charge in [-0.3, -0.25) is 0 Å². The normalized spacial score (nSPS) is 22.0. The van der Waals surface area contributed by atoms with Gasteiger partial charge in [0, 0.05) is 25.7 Å². The van der Waals surface area contributed by atoms with Crippen molar-refractivity contribution in [1.82, 2.24) is 9.21 Å². The zero-order valence-corrected chi connectivity index (χ0v) is 12.3. The van der Waals surface area contributed by atoms with Gasteiger partial charge in [0.05, 0.1) is 0 Å². The second-order valence-corrected chi connectivity index (χ2v) is 6.70. The topological polar surface area (TPSA) is 91.1 Å². The molecule has 0 spiro atoms. The first kappa shape index (κ1) is 15.0. The van der Waals surface area contributed by atoms with Crippen LogP contribution >= 0.6 is 0 Å². The molecule has 2 heterocycles. The highest BCUT2D eigenvalue weighted by molar-refractivity contribution is 7.89. The second-order valence-electron chi connectivity index (χ2n) is 4.83. The Morgan fingerprint density at radius 2 is 2.15 bits per heavy atom. The Morgan fingerprint density at radius 3 is 2.70 bits per heavy atom. The van der Waals surface area contributed by atoms with E-state index >= 15 is 0 Å². The lowest BCUT2D eigenvalue weighted by molar-refractivity contribution is 0.0655. The van der Waals surface area contributed by atoms with E-state index in [1.54, 1.807) is 0 Å². The van der Waals surface area contributed by atoms with Gasteiger partial charge in [-0.15, -0.1) is 0 Å². The SMILES string of the molecule is CCC1CN(S(=O)(=O)c2ccc(C(=O)O)o2)CCN1C. The summed E-state index contributed by atoms with van der Waals surface area (Å²) in [5.41, 5.74) is 0. The maximum atomic E-state index is 12.4. The number of carbonyl (C=O) groups is 1. The van der Waals surface area contributed by atoms with Gasteiger partial charge in [0.25, 0.3) is 10.0 Å². The molecule has 1 unspecified atom stereocenters. The molecule has 2 rings (SSSR count). The number of rotatable bonds is 4. The first-order chi connectivity index (χ1) is 9.36. The van der Waals surface area contributed by atoms with Crippen molar-refractivity contribution in [3.63, 3.8) is 0 Å². The van der Waals surface area contributed by atoms with Gasteiger partial charge in [-0.05, 0) is 25.6 Å². The molecule has 1 aromatic heterocycles. The summed E-state index contributed by atoms with van der Waals surface area (Å²) in [5, 5.41) is 8.47. The molecule has 0 radical (unpaired) electrons. The number of hydrogen-bond acceptors (Lipinski definition) is 5. The maximum Gasteiger partial charge on any atom is 0.371 e. The molecule has 1 aliphatic heterocycles. The summed E-state index contributed by atoms with van der Waals surface area (Å²) in [5.74, 6) is -1.65. The van der Waals surface area contributed by atoms with E-state index in [1.165, 1.54) is 10.4 Å². The smallest absolute Gasteiger partial charge is 0.371 e. The third kappa shape index (κ3) is 2.72. The van der Waals surface area contributed by atoms with Crippen LogP contribution in [0.1, 0.15) is 23.9 Å². The second kappa shape index (κ2) is 5.55. The average Bonchev–Trinajstić information content (AvgIpc) is 2.89. The van der Waals surface area contributed by atoms with Crippen molar-refractivity contribution in [2.75, 3.05) is 26.7 Å². The average molecular weight is 302 g/mol. The van der Waals surface area contributed by atoms with Crippen LogP contribution in [0.25, 0.3) is 0 Å². The van der Waals surface area contributed by atoms with Gasteiger partial charge in [0.1, 0.15) is 0 Å². The monoisotopic (exact) mass is 302 g/mol. The number of aromatic carboxylic acids is 1. The highest BCUT2D eigenvalue weighted by atomic mass is 32.2. The van der Waals surface area contributed by atoms with E-state index in [0.717, 1.165) is 12.5 Å². The molecule has 1 atom stereocenters. The molecule has 0 bridgehead atoms. The van der Waals surface area contributed by atoms with Crippen molar-refractivity contribution in [2.24, 2.45) is 0 Å². The molecule has 112 valence electrons. The van der Waals surface area contributed by atoms with Crippen molar-refractivity contribution in [3.05, 3.63) is 17.9 Å². The molecule has 0 amide bonds. The van der Waals surface area contributed by atoms with E-state index in [-0.39, 0.29) is 16.9 Å². The Labute approximate surface area is 117 Å². The fourth-order valence-electron chi connectivity index (χ4n) is 2.28. The van der Waals surface area contributed by atoms with E-state index in [1.807, 2.05) is 14.0 Å². The quantitative estimate of drug-likeness (QED) is 0.880. The summed E-state index contributed by atoms with van der Waals surface area (Å²) in [6.07, 6.45) is 0.848. The van der Waals surface area contributed by atoms with Crippen molar-refractivity contribution in [1.29, 1.82) is 0 Å². The lowest BCUT2D eigenvalue weighted by Gasteiger charge is -2.37. The van der Waals surface area contributed by atoms with Crippen LogP contribution in [0.15, 0.2) is 21.6 Å². The maximum absolute atomic E-state index is 12.4. The third-order valence-corrected chi connectivity index (χ3v) is 5.34. The molecule has 1 N–H and O–H groups in total. The van der Waals surface area contributed by atoms with Crippen molar-refractivity contribution < 1.29 is 22.7 Å². The lowest BCUT2D eigenvalue weighted by atomic mass is 10.1. The highest BCUT2D eigenvalue weighted by Gasteiger charge is 2.34. The largest absolute Gasteiger partial charge is 0.475 e. The van der Waals surface area contributed by atoms with Gasteiger partial charge in [-0.1, -0.05) is 6.92 Å². The standard InChI is InChI=1S/C12H18N2O5S/c1-3-9-8-14(7-6-13(9)2)20(17,18)11-5-4-10(19-11)12(15)16/h4-5,9H,3,6-8H2,1-2H3,(H,15,16). The molecule has 0 aliphatic carbocycles. The van der Waals surface area contributed by atoms with E-state index in [2.05, 4.69) is 4.90 Å². The molecular formula is C12H18N2O5S. The number of sulfonamides is 1. The van der Waals surface area contributed by atoms with Gasteiger partial charge in [0.2, 0.25) is 10.9 Å². The number of nitrogens with zero attached hydrogens (tertiary/aromatic N) is 2. The Kier molecular flexibility index (Phi) is 4.17. The van der Waals surface area contributed by atoms with Crippen LogP contribution < -0.4 is 0 Å². The summed E-state index contributed by atoms with van der Waals surface area (Å²) in [6.45, 7) is 3.41. The number of piperazine rings is 1. The van der Waals surface area contributed by atoms with Gasteiger partial charge >= 0.3 is 5.97 Å². The number of hydrogen-bond donors (Lipinski definition) is 1. The molecule has 0 saturated carbocycles. The lowest BCUT2D eigenvalue weighted by Crippen LogP contribution is -2.52.